The smallest absolute Gasteiger partial charge is 0.231 e. The summed E-state index contributed by atoms with van der Waals surface area (Å²) in [6.07, 6.45) is 3.77. The van der Waals surface area contributed by atoms with Crippen molar-refractivity contribution in [3.63, 3.8) is 0 Å². The van der Waals surface area contributed by atoms with Gasteiger partial charge in [-0.2, -0.15) is 0 Å². The Hall–Kier alpha value is -1.09. The van der Waals surface area contributed by atoms with Crippen LogP contribution in [0.2, 0.25) is 5.02 Å². The van der Waals surface area contributed by atoms with E-state index < -0.39 is 0 Å². The third-order valence-electron chi connectivity index (χ3n) is 3.43. The van der Waals surface area contributed by atoms with Crippen molar-refractivity contribution < 1.29 is 9.47 Å². The number of hydrogen-bond donors (Lipinski definition) is 1. The second-order valence-corrected chi connectivity index (χ2v) is 5.09. The molecule has 3 nitrogen and oxygen atoms in total. The molecular weight excluding hydrogens is 238 g/mol. The van der Waals surface area contributed by atoms with Crippen LogP contribution in [0.15, 0.2) is 12.1 Å². The van der Waals surface area contributed by atoms with Gasteiger partial charge in [0.25, 0.3) is 0 Å². The van der Waals surface area contributed by atoms with Crippen LogP contribution < -0.4 is 14.8 Å². The first kappa shape index (κ1) is 11.0. The average Bonchev–Trinajstić information content (AvgIpc) is 3.06. The summed E-state index contributed by atoms with van der Waals surface area (Å²) in [6.45, 7) is 2.49. The van der Waals surface area contributed by atoms with Gasteiger partial charge >= 0.3 is 0 Å². The molecule has 1 aliphatic heterocycles. The lowest BCUT2D eigenvalue weighted by atomic mass is 10.1. The summed E-state index contributed by atoms with van der Waals surface area (Å²) < 4.78 is 10.7. The summed E-state index contributed by atoms with van der Waals surface area (Å²) >= 11 is 6.24. The molecule has 3 rings (SSSR count). The largest absolute Gasteiger partial charge is 0.454 e. The fraction of sp³-hybridized carbons (Fsp3) is 0.538. The Bertz CT molecular complexity index is 432. The van der Waals surface area contributed by atoms with E-state index in [1.807, 2.05) is 12.1 Å². The summed E-state index contributed by atoms with van der Waals surface area (Å²) in [4.78, 5) is 0. The van der Waals surface area contributed by atoms with E-state index in [4.69, 9.17) is 21.1 Å². The van der Waals surface area contributed by atoms with Crippen LogP contribution in [0.3, 0.4) is 0 Å². The highest BCUT2D eigenvalue weighted by atomic mass is 35.5. The van der Waals surface area contributed by atoms with Crippen molar-refractivity contribution in [3.8, 4) is 11.5 Å². The molecule has 1 aromatic carbocycles. The lowest BCUT2D eigenvalue weighted by Crippen LogP contribution is -2.20. The van der Waals surface area contributed by atoms with Crippen LogP contribution in [0.1, 0.15) is 26.2 Å². The van der Waals surface area contributed by atoms with Gasteiger partial charge in [-0.25, -0.2) is 0 Å². The number of halogens is 1. The molecule has 1 unspecified atom stereocenters. The first-order valence-corrected chi connectivity index (χ1v) is 6.51. The minimum absolute atomic E-state index is 0.287. The molecule has 1 aromatic rings. The molecule has 0 radical (unpaired) electrons. The zero-order valence-corrected chi connectivity index (χ0v) is 10.6. The Labute approximate surface area is 106 Å². The van der Waals surface area contributed by atoms with Gasteiger partial charge < -0.3 is 14.8 Å². The predicted molar refractivity (Wildman–Crippen MR) is 68.0 cm³/mol. The molecule has 1 saturated carbocycles. The number of nitrogens with one attached hydrogen (secondary N) is 1. The second kappa shape index (κ2) is 4.30. The molecule has 0 spiro atoms. The van der Waals surface area contributed by atoms with Crippen molar-refractivity contribution in [1.29, 1.82) is 0 Å². The predicted octanol–water partition coefficient (Wildman–Crippen LogP) is 3.67. The van der Waals surface area contributed by atoms with E-state index in [-0.39, 0.29) is 6.79 Å². The van der Waals surface area contributed by atoms with Crippen LogP contribution in [-0.2, 0) is 0 Å². The summed E-state index contributed by atoms with van der Waals surface area (Å²) in [5.74, 6) is 2.32. The van der Waals surface area contributed by atoms with Gasteiger partial charge in [-0.05, 0) is 25.2 Å². The quantitative estimate of drug-likeness (QED) is 0.888. The number of anilines is 1. The third kappa shape index (κ3) is 2.16. The van der Waals surface area contributed by atoms with Gasteiger partial charge in [-0.1, -0.05) is 18.5 Å². The minimum Gasteiger partial charge on any atom is -0.454 e. The Kier molecular flexibility index (Phi) is 2.79. The molecule has 1 atom stereocenters. The van der Waals surface area contributed by atoms with Crippen molar-refractivity contribution in [2.45, 2.75) is 32.2 Å². The molecule has 1 fully saturated rings. The van der Waals surface area contributed by atoms with Crippen molar-refractivity contribution >= 4 is 17.3 Å². The highest BCUT2D eigenvalue weighted by molar-refractivity contribution is 6.33. The Morgan fingerprint density at radius 2 is 2.06 bits per heavy atom. The lowest BCUT2D eigenvalue weighted by Gasteiger charge is -2.18. The molecule has 1 heterocycles. The van der Waals surface area contributed by atoms with Gasteiger partial charge in [0.05, 0.1) is 10.7 Å². The highest BCUT2D eigenvalue weighted by Gasteiger charge is 2.30. The topological polar surface area (TPSA) is 30.5 Å². The van der Waals surface area contributed by atoms with E-state index >= 15 is 0 Å². The molecule has 1 N–H and O–H groups in total. The Balaban J connectivity index is 1.82. The molecule has 0 saturated heterocycles. The highest BCUT2D eigenvalue weighted by Crippen LogP contribution is 2.41. The van der Waals surface area contributed by atoms with E-state index in [0.717, 1.165) is 29.5 Å². The van der Waals surface area contributed by atoms with Crippen molar-refractivity contribution in [2.75, 3.05) is 12.1 Å². The van der Waals surface area contributed by atoms with E-state index in [1.165, 1.54) is 12.8 Å². The number of hydrogen-bond acceptors (Lipinski definition) is 3. The summed E-state index contributed by atoms with van der Waals surface area (Å²) in [5.41, 5.74) is 0.953. The second-order valence-electron chi connectivity index (χ2n) is 4.68. The molecule has 2 aliphatic rings. The van der Waals surface area contributed by atoms with Crippen LogP contribution >= 0.6 is 11.6 Å². The average molecular weight is 254 g/mol. The fourth-order valence-electron chi connectivity index (χ4n) is 2.28. The van der Waals surface area contributed by atoms with E-state index in [0.29, 0.717) is 11.1 Å². The van der Waals surface area contributed by atoms with Gasteiger partial charge in [-0.3, -0.25) is 0 Å². The zero-order chi connectivity index (χ0) is 11.8. The number of fused-ring (bicyclic) bond motifs is 1. The van der Waals surface area contributed by atoms with Crippen LogP contribution in [-0.4, -0.2) is 12.8 Å². The molecule has 4 heteroatoms. The fourth-order valence-corrected chi connectivity index (χ4v) is 2.49. The maximum atomic E-state index is 6.24. The SMILES string of the molecule is CCC(Nc1cc2c(cc1Cl)OCO2)C1CC1. The standard InChI is InChI=1S/C13H16ClNO2/c1-2-10(8-3-4-8)15-11-6-13-12(5-9(11)14)16-7-17-13/h5-6,8,10,15H,2-4,7H2,1H3. The van der Waals surface area contributed by atoms with Gasteiger partial charge in [0.2, 0.25) is 6.79 Å². The van der Waals surface area contributed by atoms with Gasteiger partial charge in [0, 0.05) is 18.2 Å². The molecule has 1 aliphatic carbocycles. The molecular formula is C13H16ClNO2. The van der Waals surface area contributed by atoms with Gasteiger partial charge in [0.1, 0.15) is 0 Å². The summed E-state index contributed by atoms with van der Waals surface area (Å²) in [5, 5.41) is 4.22. The molecule has 0 bridgehead atoms. The first-order chi connectivity index (χ1) is 8.28. The van der Waals surface area contributed by atoms with E-state index in [9.17, 15) is 0 Å². The summed E-state index contributed by atoms with van der Waals surface area (Å²) in [6, 6.07) is 4.29. The van der Waals surface area contributed by atoms with Crippen molar-refractivity contribution in [2.24, 2.45) is 5.92 Å². The zero-order valence-electron chi connectivity index (χ0n) is 9.83. The first-order valence-electron chi connectivity index (χ1n) is 6.13. The maximum absolute atomic E-state index is 6.24. The summed E-state index contributed by atoms with van der Waals surface area (Å²) in [7, 11) is 0. The number of benzene rings is 1. The maximum Gasteiger partial charge on any atom is 0.231 e. The normalized spacial score (nSPS) is 19.2. The van der Waals surface area contributed by atoms with Crippen molar-refractivity contribution in [3.05, 3.63) is 17.2 Å². The minimum atomic E-state index is 0.287. The molecule has 0 aromatic heterocycles. The Morgan fingerprint density at radius 1 is 1.35 bits per heavy atom. The van der Waals surface area contributed by atoms with E-state index in [1.54, 1.807) is 0 Å². The molecule has 0 amide bonds. The van der Waals surface area contributed by atoms with Crippen LogP contribution in [0.25, 0.3) is 0 Å². The number of rotatable bonds is 4. The van der Waals surface area contributed by atoms with E-state index in [2.05, 4.69) is 12.2 Å². The van der Waals surface area contributed by atoms with Crippen LogP contribution in [0.4, 0.5) is 5.69 Å². The lowest BCUT2D eigenvalue weighted by molar-refractivity contribution is 0.174. The van der Waals surface area contributed by atoms with Crippen LogP contribution in [0, 0.1) is 5.92 Å². The van der Waals surface area contributed by atoms with Crippen LogP contribution in [0.5, 0.6) is 11.5 Å². The third-order valence-corrected chi connectivity index (χ3v) is 3.75. The van der Waals surface area contributed by atoms with Crippen molar-refractivity contribution in [1.82, 2.24) is 0 Å². The molecule has 92 valence electrons. The molecule has 17 heavy (non-hydrogen) atoms. The monoisotopic (exact) mass is 253 g/mol. The number of ether oxygens (including phenoxy) is 2. The Morgan fingerprint density at radius 3 is 2.71 bits per heavy atom. The van der Waals surface area contributed by atoms with Gasteiger partial charge in [0.15, 0.2) is 11.5 Å². The van der Waals surface area contributed by atoms with Gasteiger partial charge in [-0.15, -0.1) is 0 Å².